The third kappa shape index (κ3) is 3.27. The Morgan fingerprint density at radius 3 is 2.53 bits per heavy atom. The molecule has 1 fully saturated rings. The molecule has 1 saturated heterocycles. The fourth-order valence-corrected chi connectivity index (χ4v) is 6.02. The average molecular weight is 426 g/mol. The minimum atomic E-state index is -3.73. The number of aromatic nitrogens is 2. The van der Waals surface area contributed by atoms with E-state index in [0.29, 0.717) is 38.0 Å². The average Bonchev–Trinajstić information content (AvgIpc) is 3.27. The van der Waals surface area contributed by atoms with Gasteiger partial charge in [-0.05, 0) is 52.8 Å². The minimum Gasteiger partial charge on any atom is -0.338 e. The molecule has 8 nitrogen and oxygen atoms in total. The van der Waals surface area contributed by atoms with E-state index in [0.717, 1.165) is 13.0 Å². The van der Waals surface area contributed by atoms with E-state index in [1.807, 2.05) is 17.0 Å². The Hall–Kier alpha value is -2.78. The zero-order chi connectivity index (χ0) is 20.7. The Morgan fingerprint density at radius 1 is 0.967 bits per heavy atom. The van der Waals surface area contributed by atoms with Gasteiger partial charge in [0, 0.05) is 32.1 Å². The summed E-state index contributed by atoms with van der Waals surface area (Å²) in [5, 5.41) is 7.47. The van der Waals surface area contributed by atoms with Crippen LogP contribution < -0.4 is 0 Å². The number of carbonyl (C=O) groups excluding carboxylic acids is 1. The third-order valence-corrected chi connectivity index (χ3v) is 8.04. The Labute approximate surface area is 174 Å². The van der Waals surface area contributed by atoms with Crippen molar-refractivity contribution in [2.75, 3.05) is 19.6 Å². The van der Waals surface area contributed by atoms with Crippen molar-refractivity contribution in [2.45, 2.75) is 30.7 Å². The summed E-state index contributed by atoms with van der Waals surface area (Å²) in [6.07, 6.45) is 1.90. The first-order valence-corrected chi connectivity index (χ1v) is 11.5. The molecule has 0 bridgehead atoms. The highest BCUT2D eigenvalue weighted by Gasteiger charge is 2.35. The van der Waals surface area contributed by atoms with Crippen LogP contribution in [0.15, 0.2) is 52.0 Å². The van der Waals surface area contributed by atoms with E-state index in [2.05, 4.69) is 22.4 Å². The SMILES string of the molecule is O=C(C1CCN(S(=O)(=O)c2cccc3nonc23)CC1)N1CCc2ccccc2C1. The van der Waals surface area contributed by atoms with Crippen LogP contribution in [0.3, 0.4) is 0 Å². The lowest BCUT2D eigenvalue weighted by Crippen LogP contribution is -2.45. The van der Waals surface area contributed by atoms with Crippen LogP contribution in [0.25, 0.3) is 11.0 Å². The molecule has 5 rings (SSSR count). The maximum atomic E-state index is 13.1. The van der Waals surface area contributed by atoms with Gasteiger partial charge in [0.2, 0.25) is 15.9 Å². The standard InChI is InChI=1S/C21H22N4O4S/c26-21(24-11-8-15-4-1-2-5-17(15)14-24)16-9-12-25(13-10-16)30(27,28)19-7-3-6-18-20(19)23-29-22-18/h1-7,16H,8-14H2. The summed E-state index contributed by atoms with van der Waals surface area (Å²) in [4.78, 5) is 15.1. The summed E-state index contributed by atoms with van der Waals surface area (Å²) >= 11 is 0. The van der Waals surface area contributed by atoms with E-state index in [-0.39, 0.29) is 22.2 Å². The minimum absolute atomic E-state index is 0.0960. The molecular weight excluding hydrogens is 404 g/mol. The largest absolute Gasteiger partial charge is 0.338 e. The van der Waals surface area contributed by atoms with Crippen LogP contribution in [-0.2, 0) is 27.8 Å². The van der Waals surface area contributed by atoms with E-state index in [4.69, 9.17) is 4.63 Å². The van der Waals surface area contributed by atoms with Gasteiger partial charge in [-0.25, -0.2) is 13.0 Å². The van der Waals surface area contributed by atoms with E-state index < -0.39 is 10.0 Å². The van der Waals surface area contributed by atoms with Crippen molar-refractivity contribution >= 4 is 27.0 Å². The Bertz CT molecular complexity index is 1200. The lowest BCUT2D eigenvalue weighted by atomic mass is 9.94. The third-order valence-electron chi connectivity index (χ3n) is 6.11. The van der Waals surface area contributed by atoms with E-state index in [1.165, 1.54) is 21.5 Å². The second-order valence-electron chi connectivity index (χ2n) is 7.84. The number of piperidine rings is 1. The molecule has 156 valence electrons. The topological polar surface area (TPSA) is 96.6 Å². The van der Waals surface area contributed by atoms with Crippen molar-refractivity contribution in [3.05, 3.63) is 53.6 Å². The second kappa shape index (κ2) is 7.48. The number of benzene rings is 2. The van der Waals surface area contributed by atoms with Gasteiger partial charge in [0.05, 0.1) is 0 Å². The normalized spacial score (nSPS) is 18.5. The summed E-state index contributed by atoms with van der Waals surface area (Å²) in [6.45, 7) is 1.97. The van der Waals surface area contributed by atoms with E-state index in [1.54, 1.807) is 12.1 Å². The van der Waals surface area contributed by atoms with Crippen LogP contribution in [0.2, 0.25) is 0 Å². The van der Waals surface area contributed by atoms with Crippen molar-refractivity contribution in [3.8, 4) is 0 Å². The molecule has 0 radical (unpaired) electrons. The maximum Gasteiger partial charge on any atom is 0.245 e. The molecule has 3 heterocycles. The quantitative estimate of drug-likeness (QED) is 0.637. The van der Waals surface area contributed by atoms with Gasteiger partial charge in [-0.3, -0.25) is 4.79 Å². The van der Waals surface area contributed by atoms with Crippen molar-refractivity contribution < 1.29 is 17.8 Å². The number of rotatable bonds is 3. The molecule has 0 N–H and O–H groups in total. The van der Waals surface area contributed by atoms with Crippen LogP contribution in [0.4, 0.5) is 0 Å². The van der Waals surface area contributed by atoms with Crippen LogP contribution in [0.5, 0.6) is 0 Å². The van der Waals surface area contributed by atoms with Crippen molar-refractivity contribution in [3.63, 3.8) is 0 Å². The Kier molecular flexibility index (Phi) is 4.79. The lowest BCUT2D eigenvalue weighted by Gasteiger charge is -2.35. The molecule has 0 saturated carbocycles. The summed E-state index contributed by atoms with van der Waals surface area (Å²) in [5.74, 6) is -0.0180. The maximum absolute atomic E-state index is 13.1. The number of fused-ring (bicyclic) bond motifs is 2. The summed E-state index contributed by atoms with van der Waals surface area (Å²) in [6, 6.07) is 13.0. The lowest BCUT2D eigenvalue weighted by molar-refractivity contribution is -0.137. The number of hydrogen-bond acceptors (Lipinski definition) is 6. The van der Waals surface area contributed by atoms with Crippen LogP contribution in [0, 0.1) is 5.92 Å². The molecule has 0 atom stereocenters. The van der Waals surface area contributed by atoms with Crippen molar-refractivity contribution in [2.24, 2.45) is 5.92 Å². The number of nitrogens with zero attached hydrogens (tertiary/aromatic N) is 4. The smallest absolute Gasteiger partial charge is 0.245 e. The van der Waals surface area contributed by atoms with Gasteiger partial charge in [-0.15, -0.1) is 0 Å². The molecule has 1 aromatic heterocycles. The van der Waals surface area contributed by atoms with Gasteiger partial charge >= 0.3 is 0 Å². The number of hydrogen-bond donors (Lipinski definition) is 0. The number of amides is 1. The molecule has 30 heavy (non-hydrogen) atoms. The van der Waals surface area contributed by atoms with Gasteiger partial charge in [0.25, 0.3) is 0 Å². The highest BCUT2D eigenvalue weighted by atomic mass is 32.2. The molecule has 2 aromatic carbocycles. The predicted molar refractivity (Wildman–Crippen MR) is 109 cm³/mol. The predicted octanol–water partition coefficient (Wildman–Crippen LogP) is 2.21. The zero-order valence-corrected chi connectivity index (χ0v) is 17.2. The molecule has 2 aliphatic rings. The summed E-state index contributed by atoms with van der Waals surface area (Å²) < 4.78 is 32.4. The summed E-state index contributed by atoms with van der Waals surface area (Å²) in [5.41, 5.74) is 3.15. The van der Waals surface area contributed by atoms with E-state index >= 15 is 0 Å². The first kappa shape index (κ1) is 19.2. The van der Waals surface area contributed by atoms with Crippen molar-refractivity contribution in [1.29, 1.82) is 0 Å². The van der Waals surface area contributed by atoms with Gasteiger partial charge in [-0.1, -0.05) is 30.3 Å². The van der Waals surface area contributed by atoms with Crippen LogP contribution in [0.1, 0.15) is 24.0 Å². The fourth-order valence-electron chi connectivity index (χ4n) is 4.41. The van der Waals surface area contributed by atoms with Crippen molar-refractivity contribution in [1.82, 2.24) is 19.5 Å². The molecular formula is C21H22N4O4S. The Balaban J connectivity index is 1.27. The first-order valence-electron chi connectivity index (χ1n) is 10.1. The molecule has 1 amide bonds. The van der Waals surface area contributed by atoms with Gasteiger partial charge in [0.15, 0.2) is 5.52 Å². The molecule has 3 aromatic rings. The molecule has 9 heteroatoms. The van der Waals surface area contributed by atoms with Gasteiger partial charge in [-0.2, -0.15) is 4.31 Å². The second-order valence-corrected chi connectivity index (χ2v) is 9.75. The van der Waals surface area contributed by atoms with Crippen LogP contribution in [-0.4, -0.2) is 53.5 Å². The molecule has 0 spiro atoms. The Morgan fingerprint density at radius 2 is 1.73 bits per heavy atom. The monoisotopic (exact) mass is 426 g/mol. The zero-order valence-electron chi connectivity index (χ0n) is 16.4. The highest BCUT2D eigenvalue weighted by molar-refractivity contribution is 7.89. The van der Waals surface area contributed by atoms with Crippen LogP contribution >= 0.6 is 0 Å². The fraction of sp³-hybridized carbons (Fsp3) is 0.381. The molecule has 0 aliphatic carbocycles. The number of sulfonamides is 1. The van der Waals surface area contributed by atoms with Gasteiger partial charge in [0.1, 0.15) is 10.4 Å². The van der Waals surface area contributed by atoms with E-state index in [9.17, 15) is 13.2 Å². The van der Waals surface area contributed by atoms with Gasteiger partial charge < -0.3 is 4.90 Å². The summed E-state index contributed by atoms with van der Waals surface area (Å²) in [7, 11) is -3.73. The highest BCUT2D eigenvalue weighted by Crippen LogP contribution is 2.29. The molecule has 2 aliphatic heterocycles. The molecule has 0 unspecified atom stereocenters. The number of carbonyl (C=O) groups is 1. The first-order chi connectivity index (χ1) is 14.5.